The molecule has 116 valence electrons. The maximum atomic E-state index is 10.5. The van der Waals surface area contributed by atoms with Crippen molar-refractivity contribution in [3.8, 4) is 0 Å². The van der Waals surface area contributed by atoms with Crippen LogP contribution < -0.4 is 0 Å². The largest absolute Gasteiger partial charge is 0.388 e. The predicted molar refractivity (Wildman–Crippen MR) is 82.1 cm³/mol. The van der Waals surface area contributed by atoms with Gasteiger partial charge in [0.2, 0.25) is 0 Å². The SMILES string of the molecule is CC(C)(C)[Si]1(C(C)(C)C)O[C@@H]2[C@@H](O)[C@H](O1)[C@H]1CS[C@@H]2O1. The van der Waals surface area contributed by atoms with E-state index in [0.717, 1.165) is 5.75 Å². The average Bonchev–Trinajstić information content (AvgIpc) is 2.70. The summed E-state index contributed by atoms with van der Waals surface area (Å²) in [5.74, 6) is 0.894. The summed E-state index contributed by atoms with van der Waals surface area (Å²) in [6.45, 7) is 13.2. The molecule has 3 fully saturated rings. The minimum absolute atomic E-state index is 0.0109. The van der Waals surface area contributed by atoms with E-state index in [4.69, 9.17) is 13.6 Å². The molecule has 3 aliphatic heterocycles. The molecule has 1 N–H and O–H groups in total. The molecule has 3 saturated heterocycles. The summed E-state index contributed by atoms with van der Waals surface area (Å²) in [4.78, 5) is 0. The number of ether oxygens (including phenoxy) is 1. The summed E-state index contributed by atoms with van der Waals surface area (Å²) >= 11 is 1.75. The van der Waals surface area contributed by atoms with Gasteiger partial charge in [0.25, 0.3) is 0 Å². The van der Waals surface area contributed by atoms with Crippen molar-refractivity contribution >= 4 is 20.3 Å². The van der Waals surface area contributed by atoms with Gasteiger partial charge in [-0.1, -0.05) is 41.5 Å². The Hall–Kier alpha value is 0.407. The number of fused-ring (bicyclic) bond motifs is 6. The lowest BCUT2D eigenvalue weighted by molar-refractivity contribution is -0.218. The van der Waals surface area contributed by atoms with E-state index in [-0.39, 0.29) is 33.8 Å². The van der Waals surface area contributed by atoms with E-state index in [1.54, 1.807) is 11.8 Å². The highest BCUT2D eigenvalue weighted by Gasteiger charge is 2.68. The second kappa shape index (κ2) is 4.46. The third-order valence-electron chi connectivity index (χ3n) is 4.62. The van der Waals surface area contributed by atoms with Crippen LogP contribution >= 0.6 is 11.8 Å². The van der Waals surface area contributed by atoms with Crippen molar-refractivity contribution in [1.29, 1.82) is 0 Å². The van der Waals surface area contributed by atoms with Crippen molar-refractivity contribution < 1.29 is 18.7 Å². The summed E-state index contributed by atoms with van der Waals surface area (Å²) in [6.07, 6.45) is -1.02. The van der Waals surface area contributed by atoms with Crippen LogP contribution in [0.25, 0.3) is 0 Å². The second-order valence-electron chi connectivity index (χ2n) is 8.15. The minimum atomic E-state index is -2.52. The Morgan fingerprint density at radius 1 is 1.00 bits per heavy atom. The standard InChI is InChI=1S/C14H26O4SSi/c1-13(2,3)20(14(4,5)6)17-10-8-7-19-12(16-8)11(18-20)9(10)15/h8-12,15H,7H2,1-6H3/t8-,9+,10-,11-,12+/m1/s1. The first-order valence-corrected chi connectivity index (χ1v) is 10.2. The van der Waals surface area contributed by atoms with Gasteiger partial charge in [-0.15, -0.1) is 11.8 Å². The van der Waals surface area contributed by atoms with E-state index in [0.29, 0.717) is 0 Å². The van der Waals surface area contributed by atoms with Crippen molar-refractivity contribution in [2.24, 2.45) is 0 Å². The van der Waals surface area contributed by atoms with Crippen molar-refractivity contribution in [2.75, 3.05) is 5.75 Å². The molecule has 0 spiro atoms. The number of aliphatic hydroxyl groups excluding tert-OH is 1. The Morgan fingerprint density at radius 3 is 2.10 bits per heavy atom. The molecule has 0 aromatic heterocycles. The number of rotatable bonds is 0. The number of thioether (sulfide) groups is 1. The molecule has 6 heteroatoms. The van der Waals surface area contributed by atoms with Crippen LogP contribution in [0.5, 0.6) is 0 Å². The zero-order chi connectivity index (χ0) is 14.9. The Balaban J connectivity index is 2.04. The summed E-state index contributed by atoms with van der Waals surface area (Å²) in [7, 11) is -2.52. The summed E-state index contributed by atoms with van der Waals surface area (Å²) in [5.41, 5.74) is -0.0354. The molecule has 0 aromatic rings. The van der Waals surface area contributed by atoms with Crippen LogP contribution in [0.4, 0.5) is 0 Å². The van der Waals surface area contributed by atoms with Crippen LogP contribution in [-0.4, -0.2) is 49.3 Å². The molecule has 3 heterocycles. The van der Waals surface area contributed by atoms with Gasteiger partial charge >= 0.3 is 8.56 Å². The number of aliphatic hydroxyl groups is 1. The maximum Gasteiger partial charge on any atom is 0.350 e. The van der Waals surface area contributed by atoms with Gasteiger partial charge in [-0.3, -0.25) is 0 Å². The van der Waals surface area contributed by atoms with E-state index in [1.165, 1.54) is 0 Å². The Kier molecular flexibility index (Phi) is 3.41. The van der Waals surface area contributed by atoms with E-state index >= 15 is 0 Å². The fourth-order valence-electron chi connectivity index (χ4n) is 3.87. The van der Waals surface area contributed by atoms with Crippen LogP contribution in [0, 0.1) is 0 Å². The molecule has 0 unspecified atom stereocenters. The number of hydrogen-bond acceptors (Lipinski definition) is 5. The highest BCUT2D eigenvalue weighted by atomic mass is 32.2. The van der Waals surface area contributed by atoms with Crippen molar-refractivity contribution in [2.45, 2.75) is 81.5 Å². The van der Waals surface area contributed by atoms with Crippen molar-refractivity contribution in [1.82, 2.24) is 0 Å². The molecule has 4 nitrogen and oxygen atoms in total. The topological polar surface area (TPSA) is 47.9 Å². The maximum absolute atomic E-state index is 10.5. The van der Waals surface area contributed by atoms with Gasteiger partial charge in [0, 0.05) is 15.8 Å². The summed E-state index contributed by atoms with van der Waals surface area (Å²) in [5, 5.41) is 10.4. The molecule has 0 radical (unpaired) electrons. The van der Waals surface area contributed by atoms with Crippen molar-refractivity contribution in [3.05, 3.63) is 0 Å². The second-order valence-corrected chi connectivity index (χ2v) is 14.0. The monoisotopic (exact) mass is 318 g/mol. The first-order valence-electron chi connectivity index (χ1n) is 7.38. The summed E-state index contributed by atoms with van der Waals surface area (Å²) < 4.78 is 19.0. The molecule has 20 heavy (non-hydrogen) atoms. The molecule has 5 atom stereocenters. The van der Waals surface area contributed by atoms with E-state index in [1.807, 2.05) is 0 Å². The zero-order valence-corrected chi connectivity index (χ0v) is 15.0. The van der Waals surface area contributed by atoms with Gasteiger partial charge in [0.1, 0.15) is 23.7 Å². The Bertz CT molecular complexity index is 367. The van der Waals surface area contributed by atoms with Gasteiger partial charge in [0.05, 0.1) is 6.10 Å². The molecule has 0 aromatic carbocycles. The van der Waals surface area contributed by atoms with Gasteiger partial charge < -0.3 is 18.7 Å². The molecule has 3 aliphatic rings. The molecule has 4 bridgehead atoms. The lowest BCUT2D eigenvalue weighted by Crippen LogP contribution is -2.72. The van der Waals surface area contributed by atoms with Crippen LogP contribution in [0.15, 0.2) is 0 Å². The summed E-state index contributed by atoms with van der Waals surface area (Å²) in [6, 6.07) is 0. The first-order chi connectivity index (χ1) is 9.07. The zero-order valence-electron chi connectivity index (χ0n) is 13.2. The quantitative estimate of drug-likeness (QED) is 0.696. The lowest BCUT2D eigenvalue weighted by Gasteiger charge is -2.58. The minimum Gasteiger partial charge on any atom is -0.388 e. The molecule has 3 rings (SSSR count). The molecular weight excluding hydrogens is 292 g/mol. The van der Waals surface area contributed by atoms with Gasteiger partial charge in [-0.05, 0) is 0 Å². The van der Waals surface area contributed by atoms with Gasteiger partial charge in [-0.2, -0.15) is 0 Å². The fourth-order valence-corrected chi connectivity index (χ4v) is 10.3. The van der Waals surface area contributed by atoms with Crippen molar-refractivity contribution in [3.63, 3.8) is 0 Å². The van der Waals surface area contributed by atoms with Crippen LogP contribution in [0.2, 0.25) is 10.1 Å². The number of hydrogen-bond donors (Lipinski definition) is 1. The molecular formula is C14H26O4SSi. The third-order valence-corrected chi connectivity index (χ3v) is 11.0. The van der Waals surface area contributed by atoms with Crippen LogP contribution in [0.3, 0.4) is 0 Å². The third kappa shape index (κ3) is 1.96. The smallest absolute Gasteiger partial charge is 0.350 e. The van der Waals surface area contributed by atoms with Crippen LogP contribution in [0.1, 0.15) is 41.5 Å². The average molecular weight is 319 g/mol. The molecule has 0 aliphatic carbocycles. The highest BCUT2D eigenvalue weighted by molar-refractivity contribution is 8.00. The van der Waals surface area contributed by atoms with Gasteiger partial charge in [-0.25, -0.2) is 0 Å². The Labute approximate surface area is 126 Å². The van der Waals surface area contributed by atoms with E-state index in [2.05, 4.69) is 41.5 Å². The van der Waals surface area contributed by atoms with Crippen LogP contribution in [-0.2, 0) is 13.6 Å². The van der Waals surface area contributed by atoms with E-state index < -0.39 is 14.7 Å². The molecule has 0 saturated carbocycles. The normalized spacial score (nSPS) is 43.6. The first kappa shape index (κ1) is 15.3. The molecule has 0 amide bonds. The fraction of sp³-hybridized carbons (Fsp3) is 1.00. The lowest BCUT2D eigenvalue weighted by atomic mass is 10.0. The predicted octanol–water partition coefficient (Wildman–Crippen LogP) is 2.65. The highest BCUT2D eigenvalue weighted by Crippen LogP contribution is 2.58. The Morgan fingerprint density at radius 2 is 1.55 bits per heavy atom. The van der Waals surface area contributed by atoms with Gasteiger partial charge in [0.15, 0.2) is 0 Å². The van der Waals surface area contributed by atoms with E-state index in [9.17, 15) is 5.11 Å².